The Morgan fingerprint density at radius 1 is 0.882 bits per heavy atom. The Morgan fingerprint density at radius 2 is 1.47 bits per heavy atom. The Hall–Kier alpha value is -3.75. The summed E-state index contributed by atoms with van der Waals surface area (Å²) in [6, 6.07) is 12.6. The molecule has 34 heavy (non-hydrogen) atoms. The first kappa shape index (κ1) is 26.5. The number of carboxylic acid groups (broad SMARTS) is 2. The quantitative estimate of drug-likeness (QED) is 0.247. The number of carboxylic acids is 2. The first-order chi connectivity index (χ1) is 16.4. The van der Waals surface area contributed by atoms with Crippen molar-refractivity contribution in [2.45, 2.75) is 57.9 Å². The van der Waals surface area contributed by atoms with E-state index in [9.17, 15) is 14.4 Å². The number of hydrogen-bond acceptors (Lipinski definition) is 6. The summed E-state index contributed by atoms with van der Waals surface area (Å²) in [5, 5.41) is 28.3. The van der Waals surface area contributed by atoms with E-state index < -0.39 is 30.3 Å². The van der Waals surface area contributed by atoms with Crippen LogP contribution < -0.4 is 10.1 Å². The van der Waals surface area contributed by atoms with Gasteiger partial charge in [-0.1, -0.05) is 44.7 Å². The minimum Gasteiger partial charge on any atom is -0.494 e. The van der Waals surface area contributed by atoms with Gasteiger partial charge in [0.2, 0.25) is 5.91 Å². The second-order valence-corrected chi connectivity index (χ2v) is 7.86. The summed E-state index contributed by atoms with van der Waals surface area (Å²) in [5.41, 5.74) is 1.90. The highest BCUT2D eigenvalue weighted by Crippen LogP contribution is 2.22. The van der Waals surface area contributed by atoms with Gasteiger partial charge in [-0.25, -0.2) is 4.79 Å². The number of carbonyl (C=O) groups is 3. The van der Waals surface area contributed by atoms with Gasteiger partial charge in [-0.3, -0.25) is 9.59 Å². The van der Waals surface area contributed by atoms with Crippen molar-refractivity contribution in [1.82, 2.24) is 5.32 Å². The third-order valence-corrected chi connectivity index (χ3v) is 4.95. The van der Waals surface area contributed by atoms with Gasteiger partial charge in [0.05, 0.1) is 30.8 Å². The number of carbonyl (C=O) groups excluding carboxylic acids is 1. The Bertz CT molecular complexity index is 958. The molecule has 0 spiro atoms. The molecular formula is C25H31N3O6. The number of azo groups is 1. The van der Waals surface area contributed by atoms with Crippen molar-refractivity contribution in [2.75, 3.05) is 6.61 Å². The Balaban J connectivity index is 1.81. The van der Waals surface area contributed by atoms with Crippen molar-refractivity contribution in [1.29, 1.82) is 0 Å². The SMILES string of the molecule is CCCCCCCOc1ccc(N=Nc2ccc(CC(=O)N[C@@H](CC(=O)O)C(=O)O)cc2)cc1. The second-order valence-electron chi connectivity index (χ2n) is 7.86. The first-order valence-corrected chi connectivity index (χ1v) is 11.3. The number of ether oxygens (including phenoxy) is 1. The molecule has 3 N–H and O–H groups in total. The number of rotatable bonds is 15. The summed E-state index contributed by atoms with van der Waals surface area (Å²) >= 11 is 0. The molecule has 0 aromatic heterocycles. The maximum Gasteiger partial charge on any atom is 0.326 e. The minimum atomic E-state index is -1.47. The molecule has 1 atom stereocenters. The van der Waals surface area contributed by atoms with Crippen LogP contribution in [0.3, 0.4) is 0 Å². The van der Waals surface area contributed by atoms with Gasteiger partial charge in [0, 0.05) is 0 Å². The molecule has 9 heteroatoms. The minimum absolute atomic E-state index is 0.0825. The molecule has 0 aliphatic rings. The molecule has 0 fully saturated rings. The van der Waals surface area contributed by atoms with Crippen LogP contribution in [0, 0.1) is 0 Å². The van der Waals surface area contributed by atoms with Crippen LogP contribution in [-0.4, -0.2) is 40.7 Å². The number of benzene rings is 2. The van der Waals surface area contributed by atoms with Gasteiger partial charge in [0.25, 0.3) is 0 Å². The predicted molar refractivity (Wildman–Crippen MR) is 127 cm³/mol. The smallest absolute Gasteiger partial charge is 0.326 e. The van der Waals surface area contributed by atoms with Crippen molar-refractivity contribution in [2.24, 2.45) is 10.2 Å². The third-order valence-electron chi connectivity index (χ3n) is 4.95. The van der Waals surface area contributed by atoms with Gasteiger partial charge in [0.1, 0.15) is 11.8 Å². The largest absolute Gasteiger partial charge is 0.494 e. The molecule has 0 saturated heterocycles. The number of hydrogen-bond donors (Lipinski definition) is 3. The first-order valence-electron chi connectivity index (χ1n) is 11.3. The molecule has 1 amide bonds. The fraction of sp³-hybridized carbons (Fsp3) is 0.400. The normalized spacial score (nSPS) is 11.8. The predicted octanol–water partition coefficient (Wildman–Crippen LogP) is 5.04. The second kappa shape index (κ2) is 14.4. The number of nitrogens with one attached hydrogen (secondary N) is 1. The summed E-state index contributed by atoms with van der Waals surface area (Å²) < 4.78 is 5.74. The number of aliphatic carboxylic acids is 2. The molecule has 0 radical (unpaired) electrons. The fourth-order valence-electron chi connectivity index (χ4n) is 3.11. The highest BCUT2D eigenvalue weighted by atomic mass is 16.5. The molecule has 2 aromatic carbocycles. The van der Waals surface area contributed by atoms with Crippen molar-refractivity contribution in [3.05, 3.63) is 54.1 Å². The molecule has 2 aromatic rings. The van der Waals surface area contributed by atoms with Crippen molar-refractivity contribution in [3.8, 4) is 5.75 Å². The van der Waals surface area contributed by atoms with E-state index in [1.54, 1.807) is 24.3 Å². The summed E-state index contributed by atoms with van der Waals surface area (Å²) in [6.45, 7) is 2.89. The summed E-state index contributed by atoms with van der Waals surface area (Å²) in [6.07, 6.45) is 5.18. The van der Waals surface area contributed by atoms with E-state index in [1.807, 2.05) is 24.3 Å². The molecule has 0 aliphatic heterocycles. The van der Waals surface area contributed by atoms with E-state index in [1.165, 1.54) is 25.7 Å². The van der Waals surface area contributed by atoms with E-state index in [2.05, 4.69) is 22.5 Å². The van der Waals surface area contributed by atoms with Crippen LogP contribution in [0.15, 0.2) is 58.8 Å². The lowest BCUT2D eigenvalue weighted by Gasteiger charge is -2.12. The number of nitrogens with zero attached hydrogens (tertiary/aromatic N) is 2. The maximum absolute atomic E-state index is 12.0. The molecule has 0 unspecified atom stereocenters. The molecule has 2 rings (SSSR count). The lowest BCUT2D eigenvalue weighted by atomic mass is 10.1. The van der Waals surface area contributed by atoms with Gasteiger partial charge >= 0.3 is 11.9 Å². The van der Waals surface area contributed by atoms with Crippen LogP contribution >= 0.6 is 0 Å². The lowest BCUT2D eigenvalue weighted by Crippen LogP contribution is -2.42. The van der Waals surface area contributed by atoms with Crippen molar-refractivity contribution in [3.63, 3.8) is 0 Å². The molecule has 0 bridgehead atoms. The van der Waals surface area contributed by atoms with Crippen LogP contribution in [0.25, 0.3) is 0 Å². The lowest BCUT2D eigenvalue weighted by molar-refractivity contribution is -0.147. The van der Waals surface area contributed by atoms with Crippen LogP contribution in [0.5, 0.6) is 5.75 Å². The van der Waals surface area contributed by atoms with Crippen LogP contribution in [-0.2, 0) is 20.8 Å². The Kier molecular flexibility index (Phi) is 11.2. The van der Waals surface area contributed by atoms with E-state index in [-0.39, 0.29) is 6.42 Å². The van der Waals surface area contributed by atoms with Gasteiger partial charge in [-0.05, 0) is 48.4 Å². The van der Waals surface area contributed by atoms with Gasteiger partial charge < -0.3 is 20.3 Å². The highest BCUT2D eigenvalue weighted by molar-refractivity contribution is 5.87. The average molecular weight is 470 g/mol. The third kappa shape index (κ3) is 10.2. The fourth-order valence-corrected chi connectivity index (χ4v) is 3.11. The Morgan fingerprint density at radius 3 is 2.03 bits per heavy atom. The maximum atomic E-state index is 12.0. The topological polar surface area (TPSA) is 138 Å². The van der Waals surface area contributed by atoms with Crippen molar-refractivity contribution < 1.29 is 29.3 Å². The zero-order valence-electron chi connectivity index (χ0n) is 19.3. The molecule has 0 aliphatic carbocycles. The van der Waals surface area contributed by atoms with Crippen LogP contribution in [0.4, 0.5) is 11.4 Å². The molecule has 182 valence electrons. The summed E-state index contributed by atoms with van der Waals surface area (Å²) in [5.74, 6) is -2.48. The highest BCUT2D eigenvalue weighted by Gasteiger charge is 2.22. The molecule has 0 saturated carbocycles. The van der Waals surface area contributed by atoms with Gasteiger partial charge in [-0.15, -0.1) is 0 Å². The number of amides is 1. The molecule has 9 nitrogen and oxygen atoms in total. The summed E-state index contributed by atoms with van der Waals surface area (Å²) in [4.78, 5) is 33.8. The zero-order chi connectivity index (χ0) is 24.8. The van der Waals surface area contributed by atoms with Gasteiger partial charge in [-0.2, -0.15) is 10.2 Å². The molecular weight excluding hydrogens is 438 g/mol. The summed E-state index contributed by atoms with van der Waals surface area (Å²) in [7, 11) is 0. The Labute approximate surface area is 198 Å². The van der Waals surface area contributed by atoms with E-state index in [0.717, 1.165) is 12.2 Å². The van der Waals surface area contributed by atoms with E-state index in [0.29, 0.717) is 23.5 Å². The number of unbranched alkanes of at least 4 members (excludes halogenated alkanes) is 4. The average Bonchev–Trinajstić information content (AvgIpc) is 2.81. The van der Waals surface area contributed by atoms with E-state index >= 15 is 0 Å². The van der Waals surface area contributed by atoms with Crippen molar-refractivity contribution >= 4 is 29.2 Å². The monoisotopic (exact) mass is 469 g/mol. The van der Waals surface area contributed by atoms with Gasteiger partial charge in [0.15, 0.2) is 0 Å². The van der Waals surface area contributed by atoms with Crippen LogP contribution in [0.1, 0.15) is 51.0 Å². The zero-order valence-corrected chi connectivity index (χ0v) is 19.3. The van der Waals surface area contributed by atoms with Crippen LogP contribution in [0.2, 0.25) is 0 Å². The standard InChI is InChI=1S/C25H31N3O6/c1-2-3-4-5-6-15-34-21-13-11-20(12-14-21)28-27-19-9-7-18(8-10-19)16-23(29)26-22(25(32)33)17-24(30)31/h7-14,22H,2-6,15-17H2,1H3,(H,26,29)(H,30,31)(H,32,33)/t22-/m0/s1. The van der Waals surface area contributed by atoms with E-state index in [4.69, 9.17) is 14.9 Å². The molecule has 0 heterocycles.